The molecule has 172 valence electrons. The Hall–Kier alpha value is -2.59. The predicted molar refractivity (Wildman–Crippen MR) is 161 cm³/mol. The number of benzene rings is 5. The van der Waals surface area contributed by atoms with Gasteiger partial charge in [-0.05, 0) is 51.8 Å². The second-order valence-corrected chi connectivity index (χ2v) is 17.0. The molecule has 0 bridgehead atoms. The van der Waals surface area contributed by atoms with Gasteiger partial charge in [-0.25, -0.2) is 0 Å². The van der Waals surface area contributed by atoms with Crippen molar-refractivity contribution < 1.29 is 0 Å². The average Bonchev–Trinajstić information content (AvgIpc) is 2.96. The molecule has 0 fully saturated rings. The van der Waals surface area contributed by atoms with E-state index in [-0.39, 0.29) is 0 Å². The minimum Gasteiger partial charge on any atom is -0.0622 e. The second-order valence-electron chi connectivity index (χ2n) is 8.21. The van der Waals surface area contributed by atoms with Crippen molar-refractivity contribution in [1.82, 2.24) is 0 Å². The van der Waals surface area contributed by atoms with Crippen LogP contribution in [0.25, 0.3) is 0 Å². The Morgan fingerprint density at radius 2 is 0.686 bits per heavy atom. The minimum absolute atomic E-state index is 0.827. The van der Waals surface area contributed by atoms with E-state index in [9.17, 15) is 0 Å². The third-order valence-electron chi connectivity index (χ3n) is 6.19. The summed E-state index contributed by atoms with van der Waals surface area (Å²) in [6.45, 7) is -5.18. The monoisotopic (exact) mass is 529 g/mol. The molecule has 0 aromatic heterocycles. The van der Waals surface area contributed by atoms with Gasteiger partial charge in [0.25, 0.3) is 0 Å². The highest BCUT2D eigenvalue weighted by Crippen LogP contribution is 2.70. The molecule has 0 atom stereocenters. The summed E-state index contributed by atoms with van der Waals surface area (Å²) in [5, 5.41) is 5.70. The normalized spacial score (nSPS) is 11.7. The number of rotatable bonds is 6. The highest BCUT2D eigenvalue weighted by Gasteiger charge is 2.52. The molecule has 0 aliphatic carbocycles. The zero-order valence-corrected chi connectivity index (χ0v) is 22.4. The molecule has 0 unspecified atom stereocenters. The summed E-state index contributed by atoms with van der Waals surface area (Å²) in [6.07, 6.45) is 0. The van der Waals surface area contributed by atoms with Crippen LogP contribution in [0.5, 0.6) is 0 Å². The number of hydrogen-bond donors (Lipinski definition) is 0. The summed E-state index contributed by atoms with van der Waals surface area (Å²) in [6, 6.07) is 52.7. The van der Waals surface area contributed by atoms with Gasteiger partial charge in [0.1, 0.15) is 21.8 Å². The summed E-state index contributed by atoms with van der Waals surface area (Å²) in [5.74, 6) is 0. The molecular weight excluding hydrogens is 505 g/mol. The lowest BCUT2D eigenvalue weighted by Gasteiger charge is -2.32. The standard InChI is InChI=1S/C31H25Cl2P2/c32-31(35(33,29-22-12-4-13-23-29)30-24-14-5-15-25-30)34(26-16-6-1-7-17-26,27-18-8-2-9-19-27)28-20-10-3-11-21-28/h1-25H/q+1. The lowest BCUT2D eigenvalue weighted by Crippen LogP contribution is -2.32. The summed E-state index contributed by atoms with van der Waals surface area (Å²) in [5.41, 5.74) is 0. The first kappa shape index (κ1) is 24.1. The van der Waals surface area contributed by atoms with E-state index >= 15 is 0 Å². The van der Waals surface area contributed by atoms with E-state index in [2.05, 4.69) is 115 Å². The van der Waals surface area contributed by atoms with Crippen LogP contribution in [0.4, 0.5) is 0 Å². The quantitative estimate of drug-likeness (QED) is 0.205. The van der Waals surface area contributed by atoms with Crippen molar-refractivity contribution >= 4 is 67.4 Å². The third-order valence-corrected chi connectivity index (χ3v) is 18.1. The lowest BCUT2D eigenvalue weighted by atomic mass is 10.4. The topological polar surface area (TPSA) is 0 Å². The summed E-state index contributed by atoms with van der Waals surface area (Å²) >= 11 is 15.8. The Morgan fingerprint density at radius 3 is 0.971 bits per heavy atom. The Bertz CT molecular complexity index is 1290. The fourth-order valence-corrected chi connectivity index (χ4v) is 16.4. The van der Waals surface area contributed by atoms with Gasteiger partial charge >= 0.3 is 0 Å². The van der Waals surface area contributed by atoms with Crippen molar-refractivity contribution in [2.45, 2.75) is 0 Å². The van der Waals surface area contributed by atoms with E-state index in [1.807, 2.05) is 36.4 Å². The molecule has 5 rings (SSSR count). The Balaban J connectivity index is 2.03. The molecule has 0 nitrogen and oxygen atoms in total. The van der Waals surface area contributed by atoms with E-state index in [4.69, 9.17) is 22.8 Å². The van der Waals surface area contributed by atoms with Crippen LogP contribution in [0.15, 0.2) is 152 Å². The smallest absolute Gasteiger partial charge is 0.0622 e. The van der Waals surface area contributed by atoms with Gasteiger partial charge < -0.3 is 0 Å². The number of hydrogen-bond acceptors (Lipinski definition) is 0. The molecule has 0 amide bonds. The van der Waals surface area contributed by atoms with Crippen LogP contribution in [0, 0.1) is 0 Å². The van der Waals surface area contributed by atoms with Crippen LogP contribution < -0.4 is 26.5 Å². The molecular formula is C31H25Cl2P2+. The average molecular weight is 530 g/mol. The maximum atomic E-state index is 7.94. The van der Waals surface area contributed by atoms with Crippen LogP contribution in [-0.2, 0) is 0 Å². The Kier molecular flexibility index (Phi) is 7.29. The minimum atomic E-state index is -2.68. The molecule has 0 radical (unpaired) electrons. The van der Waals surface area contributed by atoms with Crippen LogP contribution in [0.2, 0.25) is 0 Å². The molecule has 5 aromatic rings. The van der Waals surface area contributed by atoms with Crippen molar-refractivity contribution in [3.05, 3.63) is 152 Å². The van der Waals surface area contributed by atoms with E-state index in [0.717, 1.165) is 15.1 Å². The van der Waals surface area contributed by atoms with E-state index in [1.54, 1.807) is 0 Å². The highest BCUT2D eigenvalue weighted by molar-refractivity contribution is 8.31. The SMILES string of the molecule is ClC(=P(c1ccccc1)(c1ccccc1)c1ccccc1)[P+](Cl)(c1ccccc1)c1ccccc1. The molecule has 0 spiro atoms. The largest absolute Gasteiger partial charge is 0.223 e. The van der Waals surface area contributed by atoms with Gasteiger partial charge in [0.2, 0.25) is 6.62 Å². The maximum absolute atomic E-state index is 7.94. The first-order valence-corrected chi connectivity index (χ1v) is 16.3. The van der Waals surface area contributed by atoms with Gasteiger partial charge in [-0.15, -0.1) is 0 Å². The fourth-order valence-electron chi connectivity index (χ4n) is 4.56. The molecule has 0 aliphatic heterocycles. The van der Waals surface area contributed by atoms with Gasteiger partial charge in [0.15, 0.2) is 4.49 Å². The first-order chi connectivity index (χ1) is 17.2. The zero-order valence-electron chi connectivity index (χ0n) is 19.1. The van der Waals surface area contributed by atoms with E-state index in [1.165, 1.54) is 15.9 Å². The molecule has 5 aromatic carbocycles. The molecule has 35 heavy (non-hydrogen) atoms. The molecule has 0 aliphatic rings. The Morgan fingerprint density at radius 1 is 0.429 bits per heavy atom. The zero-order chi connectivity index (χ0) is 24.1. The molecule has 0 saturated heterocycles. The molecule has 0 saturated carbocycles. The molecule has 0 heterocycles. The highest BCUT2D eigenvalue weighted by atomic mass is 35.7. The molecule has 0 N–H and O–H groups in total. The van der Waals surface area contributed by atoms with Crippen LogP contribution in [0.3, 0.4) is 0 Å². The maximum Gasteiger partial charge on any atom is 0.223 e. The summed E-state index contributed by atoms with van der Waals surface area (Å²) < 4.78 is 0.827. The summed E-state index contributed by atoms with van der Waals surface area (Å²) in [4.78, 5) is 0. The van der Waals surface area contributed by atoms with Gasteiger partial charge in [0, 0.05) is 6.89 Å². The van der Waals surface area contributed by atoms with Gasteiger partial charge in [-0.1, -0.05) is 127 Å². The summed E-state index contributed by atoms with van der Waals surface area (Å²) in [7, 11) is 0. The van der Waals surface area contributed by atoms with Crippen LogP contribution >= 0.6 is 36.3 Å². The van der Waals surface area contributed by atoms with Gasteiger partial charge in [-0.2, -0.15) is 0 Å². The lowest BCUT2D eigenvalue weighted by molar-refractivity contribution is 1.73. The number of halogens is 2. The van der Waals surface area contributed by atoms with Crippen molar-refractivity contribution in [1.29, 1.82) is 0 Å². The van der Waals surface area contributed by atoms with Gasteiger partial charge in [0.05, 0.1) is 0 Å². The van der Waals surface area contributed by atoms with Crippen LogP contribution in [0.1, 0.15) is 0 Å². The van der Waals surface area contributed by atoms with E-state index < -0.39 is 13.5 Å². The second kappa shape index (κ2) is 10.6. The predicted octanol–water partition coefficient (Wildman–Crippen LogP) is 7.13. The molecule has 4 heteroatoms. The van der Waals surface area contributed by atoms with Crippen molar-refractivity contribution in [2.75, 3.05) is 0 Å². The van der Waals surface area contributed by atoms with Crippen LogP contribution in [-0.4, -0.2) is 4.49 Å². The van der Waals surface area contributed by atoms with Gasteiger partial charge in [-0.3, -0.25) is 0 Å². The third kappa shape index (κ3) is 4.31. The Labute approximate surface area is 218 Å². The van der Waals surface area contributed by atoms with Crippen molar-refractivity contribution in [3.8, 4) is 0 Å². The van der Waals surface area contributed by atoms with Crippen molar-refractivity contribution in [3.63, 3.8) is 0 Å². The van der Waals surface area contributed by atoms with E-state index in [0.29, 0.717) is 0 Å². The fraction of sp³-hybridized carbons (Fsp3) is 0. The van der Waals surface area contributed by atoms with Crippen molar-refractivity contribution in [2.24, 2.45) is 0 Å². The first-order valence-electron chi connectivity index (χ1n) is 11.5.